The zero-order valence-corrected chi connectivity index (χ0v) is 26.1. The fourth-order valence-corrected chi connectivity index (χ4v) is 12.0. The summed E-state index contributed by atoms with van der Waals surface area (Å²) >= 11 is 0. The maximum absolute atomic E-state index is 12.4. The fourth-order valence-electron chi connectivity index (χ4n) is 12.0. The normalized spacial score (nSPS) is 46.0. The van der Waals surface area contributed by atoms with Crippen LogP contribution in [0.2, 0.25) is 0 Å². The largest absolute Gasteiger partial charge is 0.390 e. The minimum absolute atomic E-state index is 0.0453. The quantitative estimate of drug-likeness (QED) is 0.360. The third-order valence-electron chi connectivity index (χ3n) is 12.7. The van der Waals surface area contributed by atoms with Crippen LogP contribution in [0, 0.1) is 46.3 Å². The van der Waals surface area contributed by atoms with Crippen molar-refractivity contribution in [1.82, 2.24) is 20.4 Å². The molecule has 8 saturated carbocycles. The smallest absolute Gasteiger partial charge is 0.237 e. The van der Waals surface area contributed by atoms with Crippen molar-refractivity contribution in [2.75, 3.05) is 26.2 Å². The van der Waals surface area contributed by atoms with Gasteiger partial charge in [0.2, 0.25) is 11.8 Å². The molecule has 10 nitrogen and oxygen atoms in total. The van der Waals surface area contributed by atoms with Gasteiger partial charge in [-0.05, 0) is 126 Å². The second kappa shape index (κ2) is 11.2. The van der Waals surface area contributed by atoms with E-state index in [0.717, 1.165) is 89.9 Å². The molecule has 4 unspecified atom stereocenters. The van der Waals surface area contributed by atoms with Crippen molar-refractivity contribution in [3.63, 3.8) is 0 Å². The highest BCUT2D eigenvalue weighted by atomic mass is 16.3. The number of nitrogens with one attached hydrogen (secondary N) is 2. The van der Waals surface area contributed by atoms with Crippen LogP contribution in [0.1, 0.15) is 103 Å². The van der Waals surface area contributed by atoms with E-state index in [2.05, 4.69) is 22.8 Å². The molecule has 0 spiro atoms. The van der Waals surface area contributed by atoms with Gasteiger partial charge in [-0.2, -0.15) is 10.5 Å². The van der Waals surface area contributed by atoms with Gasteiger partial charge in [-0.15, -0.1) is 0 Å². The Bertz CT molecular complexity index is 1120. The average Bonchev–Trinajstić information content (AvgIpc) is 3.62. The SMILES string of the molecule is N#C[C@@H]1CCCN1C(=O)CNC12CC3CC(CC(O)(C3)C1)C2.N#C[C@H]1CCCN1C(=O)CNC12CC3CC(CC(O)(C3)C1)C2. The summed E-state index contributed by atoms with van der Waals surface area (Å²) in [5.41, 5.74) is -1.08. The lowest BCUT2D eigenvalue weighted by Crippen LogP contribution is -2.65. The molecule has 4 N–H and O–H groups in total. The Morgan fingerprint density at radius 2 is 1.02 bits per heavy atom. The number of hydrogen-bond acceptors (Lipinski definition) is 8. The molecule has 2 amide bonds. The number of nitriles is 2. The topological polar surface area (TPSA) is 153 Å². The molecular formula is C34H50N6O4. The van der Waals surface area contributed by atoms with Crippen molar-refractivity contribution in [3.05, 3.63) is 0 Å². The van der Waals surface area contributed by atoms with Crippen LogP contribution in [0.15, 0.2) is 0 Å². The third kappa shape index (κ3) is 5.77. The summed E-state index contributed by atoms with van der Waals surface area (Å²) in [5, 5.41) is 46.8. The van der Waals surface area contributed by atoms with Crippen molar-refractivity contribution in [3.8, 4) is 12.1 Å². The van der Waals surface area contributed by atoms with Crippen LogP contribution in [0.5, 0.6) is 0 Å². The maximum atomic E-state index is 12.4. The van der Waals surface area contributed by atoms with Crippen LogP contribution in [0.25, 0.3) is 0 Å². The van der Waals surface area contributed by atoms with Crippen molar-refractivity contribution in [2.45, 2.75) is 137 Å². The second-order valence-corrected chi connectivity index (χ2v) is 16.4. The van der Waals surface area contributed by atoms with Gasteiger partial charge < -0.3 is 30.6 Å². The molecular weight excluding hydrogens is 556 g/mol. The first-order valence-corrected chi connectivity index (χ1v) is 17.3. The number of hydrogen-bond donors (Lipinski definition) is 4. The van der Waals surface area contributed by atoms with Gasteiger partial charge in [0.05, 0.1) is 36.4 Å². The molecule has 0 aromatic carbocycles. The zero-order valence-electron chi connectivity index (χ0n) is 26.1. The van der Waals surface area contributed by atoms with Crippen LogP contribution in [0.3, 0.4) is 0 Å². The predicted molar refractivity (Wildman–Crippen MR) is 161 cm³/mol. The monoisotopic (exact) mass is 606 g/mol. The molecule has 8 bridgehead atoms. The summed E-state index contributed by atoms with van der Waals surface area (Å²) in [6.07, 6.45) is 15.7. The average molecular weight is 607 g/mol. The molecule has 8 aliphatic carbocycles. The molecule has 2 saturated heterocycles. The lowest BCUT2D eigenvalue weighted by atomic mass is 9.51. The summed E-state index contributed by atoms with van der Waals surface area (Å²) in [6, 6.07) is 3.98. The standard InChI is InChI=1S/2C17H25N3O2/c2*18-9-14-2-1-3-20(14)15(21)10-19-16-5-12-4-13(6-16)8-17(22,7-12)11-16/h2*12-14,19,22H,1-8,10-11H2/t2*12?,13?,14-,16?,17?/m10/s1. The Kier molecular flexibility index (Phi) is 7.76. The Balaban J connectivity index is 0.000000142. The Morgan fingerprint density at radius 3 is 1.34 bits per heavy atom. The van der Waals surface area contributed by atoms with Crippen LogP contribution < -0.4 is 10.6 Å². The van der Waals surface area contributed by atoms with Crippen molar-refractivity contribution in [2.24, 2.45) is 23.7 Å². The summed E-state index contributed by atoms with van der Waals surface area (Å²) < 4.78 is 0. The summed E-state index contributed by atoms with van der Waals surface area (Å²) in [4.78, 5) is 28.3. The van der Waals surface area contributed by atoms with Gasteiger partial charge in [-0.3, -0.25) is 9.59 Å². The van der Waals surface area contributed by atoms with Gasteiger partial charge in [0, 0.05) is 24.2 Å². The van der Waals surface area contributed by atoms with Crippen molar-refractivity contribution in [1.29, 1.82) is 10.5 Å². The molecule has 10 rings (SSSR count). The Morgan fingerprint density at radius 1 is 0.659 bits per heavy atom. The van der Waals surface area contributed by atoms with E-state index in [4.69, 9.17) is 10.5 Å². The molecule has 10 heteroatoms. The lowest BCUT2D eigenvalue weighted by molar-refractivity contribution is -0.147. The van der Waals surface area contributed by atoms with Gasteiger partial charge in [-0.1, -0.05) is 0 Å². The second-order valence-electron chi connectivity index (χ2n) is 16.4. The molecule has 6 atom stereocenters. The van der Waals surface area contributed by atoms with E-state index in [0.29, 0.717) is 49.9 Å². The van der Waals surface area contributed by atoms with Crippen molar-refractivity contribution >= 4 is 11.8 Å². The van der Waals surface area contributed by atoms with E-state index in [9.17, 15) is 19.8 Å². The summed E-state index contributed by atoms with van der Waals surface area (Å²) in [7, 11) is 0. The van der Waals surface area contributed by atoms with Gasteiger partial charge in [0.25, 0.3) is 0 Å². The van der Waals surface area contributed by atoms with E-state index in [1.165, 1.54) is 12.8 Å². The number of carbonyl (C=O) groups is 2. The molecule has 0 radical (unpaired) electrons. The minimum Gasteiger partial charge on any atom is -0.390 e. The number of aliphatic hydroxyl groups is 2. The Hall–Kier alpha value is -2.24. The van der Waals surface area contributed by atoms with Gasteiger partial charge in [0.15, 0.2) is 0 Å². The molecule has 10 aliphatic rings. The van der Waals surface area contributed by atoms with Crippen LogP contribution >= 0.6 is 0 Å². The van der Waals surface area contributed by atoms with Crippen LogP contribution in [-0.4, -0.2) is 92.4 Å². The number of nitrogens with zero attached hydrogens (tertiary/aromatic N) is 4. The van der Waals surface area contributed by atoms with E-state index < -0.39 is 11.2 Å². The van der Waals surface area contributed by atoms with Crippen molar-refractivity contribution < 1.29 is 19.8 Å². The first-order valence-electron chi connectivity index (χ1n) is 17.3. The van der Waals surface area contributed by atoms with Crippen LogP contribution in [-0.2, 0) is 9.59 Å². The lowest BCUT2D eigenvalue weighted by Gasteiger charge is -2.60. The molecule has 10 fully saturated rings. The maximum Gasteiger partial charge on any atom is 0.237 e. The number of carbonyl (C=O) groups excluding carboxylic acids is 2. The minimum atomic E-state index is -0.497. The van der Waals surface area contributed by atoms with E-state index >= 15 is 0 Å². The summed E-state index contributed by atoms with van der Waals surface area (Å²) in [6.45, 7) is 2.04. The van der Waals surface area contributed by atoms with E-state index in [1.54, 1.807) is 9.80 Å². The third-order valence-corrected chi connectivity index (χ3v) is 12.7. The number of likely N-dealkylation sites (tertiary alicyclic amines) is 2. The highest BCUT2D eigenvalue weighted by Crippen LogP contribution is 2.58. The first-order chi connectivity index (χ1) is 21.0. The predicted octanol–water partition coefficient (Wildman–Crippen LogP) is 2.35. The molecule has 240 valence electrons. The highest BCUT2D eigenvalue weighted by molar-refractivity contribution is 5.80. The van der Waals surface area contributed by atoms with Gasteiger partial charge in [0.1, 0.15) is 12.1 Å². The number of amides is 2. The zero-order chi connectivity index (χ0) is 30.7. The molecule has 0 aromatic heterocycles. The van der Waals surface area contributed by atoms with E-state index in [1.807, 2.05) is 0 Å². The molecule has 2 aliphatic heterocycles. The summed E-state index contributed by atoms with van der Waals surface area (Å²) in [5.74, 6) is 2.57. The van der Waals surface area contributed by atoms with Gasteiger partial charge in [-0.25, -0.2) is 0 Å². The fraction of sp³-hybridized carbons (Fsp3) is 0.882. The van der Waals surface area contributed by atoms with Gasteiger partial charge >= 0.3 is 0 Å². The van der Waals surface area contributed by atoms with Crippen LogP contribution in [0.4, 0.5) is 0 Å². The first kappa shape index (κ1) is 30.4. The molecule has 2 heterocycles. The molecule has 44 heavy (non-hydrogen) atoms. The number of rotatable bonds is 6. The Labute approximate surface area is 261 Å². The highest BCUT2D eigenvalue weighted by Gasteiger charge is 2.58. The van der Waals surface area contributed by atoms with E-state index in [-0.39, 0.29) is 35.0 Å². The molecule has 0 aromatic rings.